The molecule has 0 spiro atoms. The highest BCUT2D eigenvalue weighted by molar-refractivity contribution is 5.47. The van der Waals surface area contributed by atoms with Gasteiger partial charge in [0, 0.05) is 0 Å². The molecule has 6 nitrogen and oxygen atoms in total. The zero-order valence-corrected chi connectivity index (χ0v) is 19.3. The molecule has 0 bridgehead atoms. The van der Waals surface area contributed by atoms with Crippen molar-refractivity contribution < 1.29 is 29.2 Å². The Balaban J connectivity index is 1.50. The Hall–Kier alpha value is -2.58. The van der Waals surface area contributed by atoms with E-state index in [2.05, 4.69) is 0 Å². The maximum absolute atomic E-state index is 11.2. The van der Waals surface area contributed by atoms with E-state index in [0.29, 0.717) is 0 Å². The van der Waals surface area contributed by atoms with Gasteiger partial charge in [0.1, 0.15) is 30.0 Å². The van der Waals surface area contributed by atoms with Crippen LogP contribution < -0.4 is 0 Å². The summed E-state index contributed by atoms with van der Waals surface area (Å²) in [6.07, 6.45) is -4.27. The van der Waals surface area contributed by atoms with Gasteiger partial charge in [-0.05, 0) is 30.5 Å². The molecule has 2 aliphatic heterocycles. The Labute approximate surface area is 199 Å². The molecule has 5 atom stereocenters. The SMILES string of the molecule is CC1(C)O[C@H]2[C@@H]([C@H](O)COC(c3ccccc3)(c3ccccc3)c3ccccc3)OC(O)[C@H]2O1. The van der Waals surface area contributed by atoms with Gasteiger partial charge >= 0.3 is 0 Å². The summed E-state index contributed by atoms with van der Waals surface area (Å²) in [5.74, 6) is -0.860. The summed E-state index contributed by atoms with van der Waals surface area (Å²) >= 11 is 0. The fraction of sp³-hybridized carbons (Fsp3) is 0.357. The van der Waals surface area contributed by atoms with Crippen molar-refractivity contribution in [3.63, 3.8) is 0 Å². The number of fused-ring (bicyclic) bond motifs is 1. The molecule has 0 aromatic heterocycles. The Morgan fingerprint density at radius 1 is 0.794 bits per heavy atom. The summed E-state index contributed by atoms with van der Waals surface area (Å²) in [5.41, 5.74) is 1.84. The lowest BCUT2D eigenvalue weighted by atomic mass is 9.80. The molecule has 178 valence electrons. The van der Waals surface area contributed by atoms with Crippen molar-refractivity contribution in [3.05, 3.63) is 108 Å². The third kappa shape index (κ3) is 4.18. The first-order chi connectivity index (χ1) is 16.4. The number of hydrogen-bond donors (Lipinski definition) is 2. The van der Waals surface area contributed by atoms with Crippen LogP contribution in [0.3, 0.4) is 0 Å². The predicted molar refractivity (Wildman–Crippen MR) is 126 cm³/mol. The minimum absolute atomic E-state index is 0.0525. The van der Waals surface area contributed by atoms with E-state index < -0.39 is 42.1 Å². The Morgan fingerprint density at radius 3 is 1.71 bits per heavy atom. The van der Waals surface area contributed by atoms with E-state index in [0.717, 1.165) is 16.7 Å². The van der Waals surface area contributed by atoms with E-state index in [1.807, 2.05) is 91.0 Å². The summed E-state index contributed by atoms with van der Waals surface area (Å²) in [6, 6.07) is 29.9. The maximum Gasteiger partial charge on any atom is 0.184 e. The molecule has 0 amide bonds. The molecule has 2 fully saturated rings. The van der Waals surface area contributed by atoms with E-state index in [9.17, 15) is 10.2 Å². The number of hydrogen-bond acceptors (Lipinski definition) is 6. The van der Waals surface area contributed by atoms with Crippen LogP contribution in [0.15, 0.2) is 91.0 Å². The van der Waals surface area contributed by atoms with Gasteiger partial charge in [-0.15, -0.1) is 0 Å². The van der Waals surface area contributed by atoms with E-state index in [4.69, 9.17) is 18.9 Å². The third-order valence-electron chi connectivity index (χ3n) is 6.46. The highest BCUT2D eigenvalue weighted by Gasteiger charge is 2.57. The zero-order chi connectivity index (χ0) is 23.8. The molecule has 1 unspecified atom stereocenters. The topological polar surface area (TPSA) is 77.4 Å². The average Bonchev–Trinajstić information content (AvgIpc) is 3.34. The van der Waals surface area contributed by atoms with Crippen LogP contribution in [-0.2, 0) is 24.5 Å². The van der Waals surface area contributed by atoms with Crippen LogP contribution in [0.1, 0.15) is 30.5 Å². The number of benzene rings is 3. The molecule has 2 aliphatic rings. The van der Waals surface area contributed by atoms with Gasteiger partial charge in [-0.3, -0.25) is 0 Å². The second-order valence-corrected chi connectivity index (χ2v) is 9.21. The van der Waals surface area contributed by atoms with Crippen LogP contribution >= 0.6 is 0 Å². The molecular formula is C28H30O6. The van der Waals surface area contributed by atoms with E-state index in [1.54, 1.807) is 13.8 Å². The summed E-state index contributed by atoms with van der Waals surface area (Å²) in [5, 5.41) is 21.5. The molecule has 3 aromatic rings. The highest BCUT2D eigenvalue weighted by Crippen LogP contribution is 2.42. The summed E-state index contributed by atoms with van der Waals surface area (Å²) in [4.78, 5) is 0. The van der Waals surface area contributed by atoms with Crippen LogP contribution in [0.25, 0.3) is 0 Å². The summed E-state index contributed by atoms with van der Waals surface area (Å²) < 4.78 is 24.0. The lowest BCUT2D eigenvalue weighted by molar-refractivity contribution is -0.234. The van der Waals surface area contributed by atoms with Gasteiger partial charge in [-0.1, -0.05) is 91.0 Å². The number of aliphatic hydroxyl groups excluding tert-OH is 2. The Bertz CT molecular complexity index is 975. The molecule has 2 heterocycles. The van der Waals surface area contributed by atoms with Crippen LogP contribution in [0.5, 0.6) is 0 Å². The second kappa shape index (κ2) is 9.23. The minimum atomic E-state index is -1.17. The van der Waals surface area contributed by atoms with Gasteiger partial charge in [0.15, 0.2) is 12.1 Å². The van der Waals surface area contributed by atoms with Gasteiger partial charge in [0.2, 0.25) is 0 Å². The average molecular weight is 463 g/mol. The number of rotatable bonds is 7. The fourth-order valence-corrected chi connectivity index (χ4v) is 4.99. The van der Waals surface area contributed by atoms with Crippen LogP contribution in [0.2, 0.25) is 0 Å². The molecule has 0 saturated carbocycles. The maximum atomic E-state index is 11.2. The minimum Gasteiger partial charge on any atom is -0.388 e. The standard InChI is InChI=1S/C28H30O6/c1-27(2)33-24-23(32-26(30)25(24)34-27)22(29)18-31-28(19-12-6-3-7-13-19,20-14-8-4-9-15-20)21-16-10-5-11-17-21/h3-17,22-26,29-30H,18H2,1-2H3/t22-,23-,24+,25+,26?/m1/s1. The first-order valence-corrected chi connectivity index (χ1v) is 11.6. The van der Waals surface area contributed by atoms with E-state index in [-0.39, 0.29) is 6.61 Å². The first kappa shape index (κ1) is 23.2. The van der Waals surface area contributed by atoms with E-state index >= 15 is 0 Å². The van der Waals surface area contributed by atoms with Crippen molar-refractivity contribution in [1.82, 2.24) is 0 Å². The van der Waals surface area contributed by atoms with Crippen LogP contribution in [-0.4, -0.2) is 53.3 Å². The lowest BCUT2D eigenvalue weighted by Crippen LogP contribution is -2.44. The van der Waals surface area contributed by atoms with E-state index in [1.165, 1.54) is 0 Å². The van der Waals surface area contributed by atoms with Gasteiger partial charge in [-0.2, -0.15) is 0 Å². The largest absolute Gasteiger partial charge is 0.388 e. The van der Waals surface area contributed by atoms with Crippen LogP contribution in [0.4, 0.5) is 0 Å². The van der Waals surface area contributed by atoms with Crippen molar-refractivity contribution in [2.24, 2.45) is 0 Å². The smallest absolute Gasteiger partial charge is 0.184 e. The van der Waals surface area contributed by atoms with Gasteiger partial charge in [-0.25, -0.2) is 0 Å². The molecular weight excluding hydrogens is 432 g/mol. The normalized spacial score (nSPS) is 26.8. The molecule has 2 saturated heterocycles. The van der Waals surface area contributed by atoms with Gasteiger partial charge < -0.3 is 29.2 Å². The number of aliphatic hydroxyl groups is 2. The van der Waals surface area contributed by atoms with Gasteiger partial charge in [0.05, 0.1) is 6.61 Å². The Morgan fingerprint density at radius 2 is 1.24 bits per heavy atom. The van der Waals surface area contributed by atoms with Crippen molar-refractivity contribution >= 4 is 0 Å². The van der Waals surface area contributed by atoms with Crippen LogP contribution in [0, 0.1) is 0 Å². The quantitative estimate of drug-likeness (QED) is 0.523. The third-order valence-corrected chi connectivity index (χ3v) is 6.46. The van der Waals surface area contributed by atoms with Crippen molar-refractivity contribution in [2.75, 3.05) is 6.61 Å². The molecule has 0 radical (unpaired) electrons. The van der Waals surface area contributed by atoms with Crippen molar-refractivity contribution in [1.29, 1.82) is 0 Å². The summed E-state index contributed by atoms with van der Waals surface area (Å²) in [6.45, 7) is 3.51. The molecule has 0 aliphatic carbocycles. The zero-order valence-electron chi connectivity index (χ0n) is 19.3. The second-order valence-electron chi connectivity index (χ2n) is 9.21. The molecule has 3 aromatic carbocycles. The number of ether oxygens (including phenoxy) is 4. The molecule has 34 heavy (non-hydrogen) atoms. The van der Waals surface area contributed by atoms with Gasteiger partial charge in [0.25, 0.3) is 0 Å². The fourth-order valence-electron chi connectivity index (χ4n) is 4.99. The lowest BCUT2D eigenvalue weighted by Gasteiger charge is -2.37. The monoisotopic (exact) mass is 462 g/mol. The summed E-state index contributed by atoms with van der Waals surface area (Å²) in [7, 11) is 0. The molecule has 2 N–H and O–H groups in total. The molecule has 6 heteroatoms. The first-order valence-electron chi connectivity index (χ1n) is 11.6. The molecule has 5 rings (SSSR count). The van der Waals surface area contributed by atoms with Crippen molar-refractivity contribution in [2.45, 2.75) is 55.9 Å². The van der Waals surface area contributed by atoms with Crippen molar-refractivity contribution in [3.8, 4) is 0 Å². The predicted octanol–water partition coefficient (Wildman–Crippen LogP) is 3.59. The highest BCUT2D eigenvalue weighted by atomic mass is 16.8. The Kier molecular flexibility index (Phi) is 6.29.